The molecule has 0 bridgehead atoms. The monoisotopic (exact) mass is 431 g/mol. The number of halogens is 2. The van der Waals surface area contributed by atoms with Crippen LogP contribution in [0.3, 0.4) is 0 Å². The van der Waals surface area contributed by atoms with Crippen molar-refractivity contribution in [3.8, 4) is 5.75 Å². The number of ether oxygens (including phenoxy) is 1. The molecule has 1 fully saturated rings. The van der Waals surface area contributed by atoms with Crippen molar-refractivity contribution in [3.05, 3.63) is 59.2 Å². The van der Waals surface area contributed by atoms with E-state index >= 15 is 0 Å². The van der Waals surface area contributed by atoms with Crippen molar-refractivity contribution in [1.82, 2.24) is 15.2 Å². The number of carbonyl (C=O) groups excluding carboxylic acids is 2. The van der Waals surface area contributed by atoms with Gasteiger partial charge in [-0.15, -0.1) is 0 Å². The number of hydrogen-bond acceptors (Lipinski definition) is 4. The topological polar surface area (TPSA) is 71.5 Å². The van der Waals surface area contributed by atoms with E-state index in [1.807, 2.05) is 13.8 Å². The summed E-state index contributed by atoms with van der Waals surface area (Å²) in [5.41, 5.74) is 1.40. The Kier molecular flexibility index (Phi) is 6.87. The molecule has 3 rings (SSSR count). The number of aromatic nitrogens is 1. The molecule has 1 aromatic heterocycles. The van der Waals surface area contributed by atoms with Gasteiger partial charge in [0, 0.05) is 18.9 Å². The Balaban J connectivity index is 1.97. The molecular weight excluding hydrogens is 404 g/mol. The number of hydrogen-bond donors (Lipinski definition) is 1. The van der Waals surface area contributed by atoms with Gasteiger partial charge in [0.25, 0.3) is 0 Å². The zero-order chi connectivity index (χ0) is 22.7. The zero-order valence-electron chi connectivity index (χ0n) is 18.1. The third kappa shape index (κ3) is 5.00. The van der Waals surface area contributed by atoms with Crippen LogP contribution in [0.1, 0.15) is 56.0 Å². The minimum Gasteiger partial charge on any atom is -0.497 e. The van der Waals surface area contributed by atoms with E-state index < -0.39 is 30.1 Å². The number of likely N-dealkylation sites (tertiary alicyclic amines) is 1. The number of alkyl halides is 1. The molecule has 1 N–H and O–H groups in total. The van der Waals surface area contributed by atoms with Crippen LogP contribution in [0.5, 0.6) is 5.75 Å². The first-order valence-electron chi connectivity index (χ1n) is 10.2. The first-order chi connectivity index (χ1) is 14.7. The molecule has 1 aliphatic rings. The van der Waals surface area contributed by atoms with Gasteiger partial charge in [-0.1, -0.05) is 32.0 Å². The summed E-state index contributed by atoms with van der Waals surface area (Å²) in [5, 5.41) is 2.84. The Morgan fingerprint density at radius 2 is 2.00 bits per heavy atom. The van der Waals surface area contributed by atoms with Crippen LogP contribution >= 0.6 is 0 Å². The quantitative estimate of drug-likeness (QED) is 0.711. The van der Waals surface area contributed by atoms with E-state index in [2.05, 4.69) is 10.3 Å². The van der Waals surface area contributed by atoms with Gasteiger partial charge in [0.15, 0.2) is 0 Å². The van der Waals surface area contributed by atoms with Crippen molar-refractivity contribution >= 4 is 11.8 Å². The van der Waals surface area contributed by atoms with E-state index in [9.17, 15) is 18.4 Å². The Labute approximate surface area is 180 Å². The molecule has 1 saturated heterocycles. The highest BCUT2D eigenvalue weighted by atomic mass is 19.1. The lowest BCUT2D eigenvalue weighted by Gasteiger charge is -2.26. The maximum absolute atomic E-state index is 14.6. The minimum absolute atomic E-state index is 0.0458. The second kappa shape index (κ2) is 9.41. The summed E-state index contributed by atoms with van der Waals surface area (Å²) in [4.78, 5) is 30.2. The SMILES string of the molecule is COc1cccc(C(NC(=O)[C@@H]2C[C@@H](F)CN2C(C)=O)c2ccc(C(C)C)c(F)n2)c1. The van der Waals surface area contributed by atoms with Crippen LogP contribution in [0.2, 0.25) is 0 Å². The summed E-state index contributed by atoms with van der Waals surface area (Å²) < 4.78 is 33.8. The smallest absolute Gasteiger partial charge is 0.243 e. The minimum atomic E-state index is -1.27. The fourth-order valence-electron chi connectivity index (χ4n) is 3.82. The van der Waals surface area contributed by atoms with E-state index in [-0.39, 0.29) is 24.8 Å². The molecule has 166 valence electrons. The number of methoxy groups -OCH3 is 1. The Morgan fingerprint density at radius 1 is 1.26 bits per heavy atom. The summed E-state index contributed by atoms with van der Waals surface area (Å²) in [7, 11) is 1.52. The highest BCUT2D eigenvalue weighted by molar-refractivity contribution is 5.88. The zero-order valence-corrected chi connectivity index (χ0v) is 18.1. The number of nitrogens with zero attached hydrogens (tertiary/aromatic N) is 2. The van der Waals surface area contributed by atoms with Crippen molar-refractivity contribution in [2.75, 3.05) is 13.7 Å². The molecule has 0 radical (unpaired) electrons. The summed E-state index contributed by atoms with van der Waals surface area (Å²) in [5.74, 6) is -0.978. The number of pyridine rings is 1. The highest BCUT2D eigenvalue weighted by Crippen LogP contribution is 2.28. The fourth-order valence-corrected chi connectivity index (χ4v) is 3.82. The van der Waals surface area contributed by atoms with E-state index in [4.69, 9.17) is 4.74 Å². The first kappa shape index (κ1) is 22.7. The molecule has 0 saturated carbocycles. The molecule has 3 atom stereocenters. The molecule has 1 aromatic carbocycles. The third-order valence-corrected chi connectivity index (χ3v) is 5.49. The second-order valence-electron chi connectivity index (χ2n) is 8.01. The summed E-state index contributed by atoms with van der Waals surface area (Å²) in [6, 6.07) is 8.57. The van der Waals surface area contributed by atoms with Gasteiger partial charge in [-0.05, 0) is 29.7 Å². The van der Waals surface area contributed by atoms with Gasteiger partial charge in [-0.3, -0.25) is 9.59 Å². The van der Waals surface area contributed by atoms with E-state index in [1.54, 1.807) is 36.4 Å². The largest absolute Gasteiger partial charge is 0.497 e. The van der Waals surface area contributed by atoms with Crippen molar-refractivity contribution in [1.29, 1.82) is 0 Å². The maximum atomic E-state index is 14.6. The Morgan fingerprint density at radius 3 is 2.61 bits per heavy atom. The average Bonchev–Trinajstić information content (AvgIpc) is 3.13. The lowest BCUT2D eigenvalue weighted by molar-refractivity contribution is -0.137. The van der Waals surface area contributed by atoms with Crippen LogP contribution in [-0.4, -0.2) is 47.6 Å². The van der Waals surface area contributed by atoms with Crippen LogP contribution < -0.4 is 10.1 Å². The summed E-state index contributed by atoms with van der Waals surface area (Å²) in [6.07, 6.45) is -1.35. The standard InChI is InChI=1S/C23H27F2N3O3/c1-13(2)18-8-9-19(26-22(18)25)21(15-6-5-7-17(10-15)31-4)27-23(30)20-11-16(24)12-28(20)14(3)29/h5-10,13,16,20-21H,11-12H2,1-4H3,(H,27,30)/t16-,20+,21?/m1/s1. The van der Waals surface area contributed by atoms with Crippen LogP contribution in [0.25, 0.3) is 0 Å². The Bertz CT molecular complexity index is 967. The van der Waals surface area contributed by atoms with Gasteiger partial charge in [0.2, 0.25) is 17.8 Å². The maximum Gasteiger partial charge on any atom is 0.243 e. The fraction of sp³-hybridized carbons (Fsp3) is 0.435. The number of rotatable bonds is 6. The van der Waals surface area contributed by atoms with Gasteiger partial charge in [0.1, 0.15) is 18.0 Å². The Hall–Kier alpha value is -3.03. The van der Waals surface area contributed by atoms with Crippen LogP contribution in [0.15, 0.2) is 36.4 Å². The average molecular weight is 431 g/mol. The van der Waals surface area contributed by atoms with E-state index in [1.165, 1.54) is 18.9 Å². The second-order valence-corrected chi connectivity index (χ2v) is 8.01. The van der Waals surface area contributed by atoms with Crippen LogP contribution in [0.4, 0.5) is 8.78 Å². The molecule has 2 heterocycles. The molecule has 8 heteroatoms. The van der Waals surface area contributed by atoms with E-state index in [0.717, 1.165) is 0 Å². The van der Waals surface area contributed by atoms with Gasteiger partial charge in [-0.25, -0.2) is 9.37 Å². The van der Waals surface area contributed by atoms with E-state index in [0.29, 0.717) is 22.6 Å². The lowest BCUT2D eigenvalue weighted by atomic mass is 9.99. The first-order valence-corrected chi connectivity index (χ1v) is 10.2. The molecule has 2 aromatic rings. The third-order valence-electron chi connectivity index (χ3n) is 5.49. The van der Waals surface area contributed by atoms with Gasteiger partial charge in [-0.2, -0.15) is 4.39 Å². The van der Waals surface area contributed by atoms with Gasteiger partial charge < -0.3 is 15.0 Å². The van der Waals surface area contributed by atoms with Crippen molar-refractivity contribution in [2.45, 2.75) is 51.4 Å². The number of amides is 2. The number of benzene rings is 1. The predicted molar refractivity (Wildman–Crippen MR) is 112 cm³/mol. The molecule has 1 unspecified atom stereocenters. The summed E-state index contributed by atoms with van der Waals surface area (Å²) in [6.45, 7) is 4.92. The van der Waals surface area contributed by atoms with Crippen molar-refractivity contribution in [2.24, 2.45) is 0 Å². The predicted octanol–water partition coefficient (Wildman–Crippen LogP) is 3.52. The van der Waals surface area contributed by atoms with Crippen molar-refractivity contribution in [3.63, 3.8) is 0 Å². The molecule has 0 spiro atoms. The molecular formula is C23H27F2N3O3. The molecule has 0 aliphatic carbocycles. The van der Waals surface area contributed by atoms with Gasteiger partial charge >= 0.3 is 0 Å². The molecule has 31 heavy (non-hydrogen) atoms. The van der Waals surface area contributed by atoms with Crippen LogP contribution in [-0.2, 0) is 9.59 Å². The number of nitrogens with one attached hydrogen (secondary N) is 1. The number of carbonyl (C=O) groups is 2. The molecule has 6 nitrogen and oxygen atoms in total. The van der Waals surface area contributed by atoms with Crippen molar-refractivity contribution < 1.29 is 23.1 Å². The normalized spacial score (nSPS) is 19.4. The molecule has 2 amide bonds. The summed E-state index contributed by atoms with van der Waals surface area (Å²) >= 11 is 0. The molecule has 1 aliphatic heterocycles. The lowest BCUT2D eigenvalue weighted by Crippen LogP contribution is -2.46. The van der Waals surface area contributed by atoms with Gasteiger partial charge in [0.05, 0.1) is 25.4 Å². The van der Waals surface area contributed by atoms with Crippen LogP contribution in [0, 0.1) is 5.95 Å². The highest BCUT2D eigenvalue weighted by Gasteiger charge is 2.39.